The number of hydrogen-bond acceptors (Lipinski definition) is 8. The van der Waals surface area contributed by atoms with Crippen molar-refractivity contribution < 1.29 is 14.3 Å². The number of nitrogens with zero attached hydrogens (tertiary/aromatic N) is 6. The van der Waals surface area contributed by atoms with E-state index in [0.29, 0.717) is 37.1 Å². The molecule has 3 N–H and O–H groups in total. The van der Waals surface area contributed by atoms with E-state index >= 15 is 0 Å². The smallest absolute Gasteiger partial charge is 0.316 e. The quantitative estimate of drug-likeness (QED) is 0.526. The third-order valence-corrected chi connectivity index (χ3v) is 7.00. The van der Waals surface area contributed by atoms with E-state index in [4.69, 9.17) is 10.5 Å². The summed E-state index contributed by atoms with van der Waals surface area (Å²) in [5.74, 6) is -0.535. The van der Waals surface area contributed by atoms with Crippen LogP contribution in [0.3, 0.4) is 0 Å². The third-order valence-electron chi connectivity index (χ3n) is 7.00. The summed E-state index contributed by atoms with van der Waals surface area (Å²) in [7, 11) is 1.50. The largest absolute Gasteiger partial charge is 0.467 e. The molecule has 3 aromatic rings. The molecule has 1 saturated carbocycles. The van der Waals surface area contributed by atoms with E-state index in [0.717, 1.165) is 17.5 Å². The molecule has 1 aliphatic heterocycles. The average Bonchev–Trinajstić information content (AvgIpc) is 3.38. The van der Waals surface area contributed by atoms with Crippen LogP contribution in [-0.4, -0.2) is 62.5 Å². The van der Waals surface area contributed by atoms with Crippen molar-refractivity contribution in [1.29, 1.82) is 5.26 Å². The molecule has 0 bridgehead atoms. The molecule has 0 radical (unpaired) electrons. The van der Waals surface area contributed by atoms with E-state index in [9.17, 15) is 14.9 Å². The first kappa shape index (κ1) is 22.6. The third kappa shape index (κ3) is 3.90. The standard InChI is InChI=1S/C24H26N8O3/c1-3-14-10-31(22(34)24(13-25)4-5-24)12-18(14)30-20-17(21(26)33)9-29-32-11-15(6-19(20)32)16-7-27-23(35-2)28-8-16/h6-9,11,14,18,30H,3-5,10,12H2,1-2H3,(H2,26,33)/t14-,18+/m0/s1. The predicted molar refractivity (Wildman–Crippen MR) is 126 cm³/mol. The van der Waals surface area contributed by atoms with Crippen LogP contribution in [0.15, 0.2) is 30.9 Å². The molecule has 2 atom stereocenters. The molecule has 180 valence electrons. The van der Waals surface area contributed by atoms with Gasteiger partial charge in [-0.25, -0.2) is 14.5 Å². The normalized spacial score (nSPS) is 20.4. The highest BCUT2D eigenvalue weighted by Gasteiger charge is 2.54. The SMILES string of the molecule is CC[C@H]1CN(C(=O)C2(C#N)CC2)C[C@H]1Nc1c(C(N)=O)cnn2cc(-c3cnc(OC)nc3)cc12. The van der Waals surface area contributed by atoms with Crippen LogP contribution in [0.1, 0.15) is 36.5 Å². The number of ether oxygens (including phenoxy) is 1. The zero-order valence-corrected chi connectivity index (χ0v) is 19.6. The van der Waals surface area contributed by atoms with Gasteiger partial charge in [-0.3, -0.25) is 9.59 Å². The lowest BCUT2D eigenvalue weighted by Gasteiger charge is -2.22. The lowest BCUT2D eigenvalue weighted by Crippen LogP contribution is -2.36. The zero-order valence-electron chi connectivity index (χ0n) is 19.6. The molecular weight excluding hydrogens is 448 g/mol. The number of nitrogens with two attached hydrogens (primary N) is 1. The first-order valence-electron chi connectivity index (χ1n) is 11.5. The Kier molecular flexibility index (Phi) is 5.51. The summed E-state index contributed by atoms with van der Waals surface area (Å²) in [6, 6.07) is 4.25. The van der Waals surface area contributed by atoms with Crippen LogP contribution < -0.4 is 15.8 Å². The van der Waals surface area contributed by atoms with Gasteiger partial charge in [-0.15, -0.1) is 0 Å². The number of aromatic nitrogens is 4. The maximum absolute atomic E-state index is 13.0. The van der Waals surface area contributed by atoms with Crippen molar-refractivity contribution in [3.8, 4) is 23.2 Å². The molecule has 5 rings (SSSR count). The molecule has 11 heteroatoms. The molecule has 0 aromatic carbocycles. The minimum Gasteiger partial charge on any atom is -0.467 e. The van der Waals surface area contributed by atoms with Crippen molar-refractivity contribution in [2.75, 3.05) is 25.5 Å². The van der Waals surface area contributed by atoms with Gasteiger partial charge in [0, 0.05) is 48.8 Å². The number of nitriles is 1. The highest BCUT2D eigenvalue weighted by Crippen LogP contribution is 2.47. The molecule has 35 heavy (non-hydrogen) atoms. The van der Waals surface area contributed by atoms with Crippen molar-refractivity contribution in [2.45, 2.75) is 32.2 Å². The van der Waals surface area contributed by atoms with Gasteiger partial charge < -0.3 is 20.7 Å². The summed E-state index contributed by atoms with van der Waals surface area (Å²) in [6.07, 6.45) is 8.64. The highest BCUT2D eigenvalue weighted by atomic mass is 16.5. The molecule has 2 fully saturated rings. The number of nitrogens with one attached hydrogen (secondary N) is 1. The second-order valence-corrected chi connectivity index (χ2v) is 9.14. The lowest BCUT2D eigenvalue weighted by molar-refractivity contribution is -0.134. The molecule has 3 aromatic heterocycles. The van der Waals surface area contributed by atoms with Gasteiger partial charge in [-0.1, -0.05) is 6.92 Å². The Labute approximate surface area is 201 Å². The number of likely N-dealkylation sites (tertiary alicyclic amines) is 1. The van der Waals surface area contributed by atoms with Crippen molar-refractivity contribution in [3.63, 3.8) is 0 Å². The van der Waals surface area contributed by atoms with E-state index in [1.807, 2.05) is 12.3 Å². The van der Waals surface area contributed by atoms with Gasteiger partial charge in [0.25, 0.3) is 5.91 Å². The molecule has 1 aliphatic carbocycles. The fraction of sp³-hybridized carbons (Fsp3) is 0.417. The fourth-order valence-electron chi connectivity index (χ4n) is 4.72. The molecule has 4 heterocycles. The van der Waals surface area contributed by atoms with Gasteiger partial charge >= 0.3 is 6.01 Å². The van der Waals surface area contributed by atoms with E-state index < -0.39 is 11.3 Å². The Morgan fingerprint density at radius 2 is 2.00 bits per heavy atom. The summed E-state index contributed by atoms with van der Waals surface area (Å²) in [5, 5.41) is 17.3. The number of hydrogen-bond donors (Lipinski definition) is 2. The van der Waals surface area contributed by atoms with Gasteiger partial charge in [-0.05, 0) is 31.2 Å². The second-order valence-electron chi connectivity index (χ2n) is 9.14. The van der Waals surface area contributed by atoms with Crippen LogP contribution in [0.4, 0.5) is 5.69 Å². The summed E-state index contributed by atoms with van der Waals surface area (Å²) in [5.41, 5.74) is 7.91. The number of methoxy groups -OCH3 is 1. The van der Waals surface area contributed by atoms with Gasteiger partial charge in [-0.2, -0.15) is 10.4 Å². The summed E-state index contributed by atoms with van der Waals surface area (Å²) in [6.45, 7) is 3.09. The number of carbonyl (C=O) groups is 2. The van der Waals surface area contributed by atoms with Crippen molar-refractivity contribution >= 4 is 23.0 Å². The Morgan fingerprint density at radius 3 is 2.60 bits per heavy atom. The number of rotatable bonds is 7. The first-order valence-corrected chi connectivity index (χ1v) is 11.5. The van der Waals surface area contributed by atoms with E-state index in [-0.39, 0.29) is 29.4 Å². The Hall–Kier alpha value is -4.20. The maximum Gasteiger partial charge on any atom is 0.316 e. The van der Waals surface area contributed by atoms with Crippen molar-refractivity contribution in [3.05, 3.63) is 36.4 Å². The second kappa shape index (κ2) is 8.54. The van der Waals surface area contributed by atoms with Crippen molar-refractivity contribution in [1.82, 2.24) is 24.5 Å². The van der Waals surface area contributed by atoms with Gasteiger partial charge in [0.2, 0.25) is 5.91 Å². The zero-order chi connectivity index (χ0) is 24.7. The van der Waals surface area contributed by atoms with Crippen LogP contribution in [0.5, 0.6) is 6.01 Å². The van der Waals surface area contributed by atoms with Gasteiger partial charge in [0.05, 0.1) is 36.1 Å². The van der Waals surface area contributed by atoms with E-state index in [2.05, 4.69) is 33.4 Å². The molecule has 2 aliphatic rings. The maximum atomic E-state index is 13.0. The predicted octanol–water partition coefficient (Wildman–Crippen LogP) is 1.85. The molecule has 11 nitrogen and oxygen atoms in total. The first-order chi connectivity index (χ1) is 16.9. The topological polar surface area (TPSA) is 152 Å². The summed E-state index contributed by atoms with van der Waals surface area (Å²) in [4.78, 5) is 35.4. The number of anilines is 1. The molecule has 2 amide bonds. The van der Waals surface area contributed by atoms with Gasteiger partial charge in [0.15, 0.2) is 0 Å². The van der Waals surface area contributed by atoms with E-state index in [1.54, 1.807) is 21.8 Å². The minimum absolute atomic E-state index is 0.0952. The molecular formula is C24H26N8O3. The summed E-state index contributed by atoms with van der Waals surface area (Å²) < 4.78 is 6.70. The summed E-state index contributed by atoms with van der Waals surface area (Å²) >= 11 is 0. The van der Waals surface area contributed by atoms with Crippen molar-refractivity contribution in [2.24, 2.45) is 17.1 Å². The van der Waals surface area contributed by atoms with Gasteiger partial charge in [0.1, 0.15) is 5.41 Å². The van der Waals surface area contributed by atoms with Crippen LogP contribution in [0.25, 0.3) is 16.6 Å². The molecule has 0 spiro atoms. The van der Waals surface area contributed by atoms with E-state index in [1.165, 1.54) is 13.3 Å². The van der Waals surface area contributed by atoms with Crippen LogP contribution in [-0.2, 0) is 4.79 Å². The monoisotopic (exact) mass is 474 g/mol. The highest BCUT2D eigenvalue weighted by molar-refractivity contribution is 6.02. The molecule has 0 unspecified atom stereocenters. The number of carbonyl (C=O) groups excluding carboxylic acids is 2. The number of fused-ring (bicyclic) bond motifs is 1. The number of primary amides is 1. The Morgan fingerprint density at radius 1 is 1.26 bits per heavy atom. The van der Waals surface area contributed by atoms with Crippen LogP contribution >= 0.6 is 0 Å². The molecule has 1 saturated heterocycles. The number of amides is 2. The Bertz CT molecular complexity index is 1340. The lowest BCUT2D eigenvalue weighted by atomic mass is 10.00. The Balaban J connectivity index is 1.49. The van der Waals surface area contributed by atoms with Crippen LogP contribution in [0.2, 0.25) is 0 Å². The van der Waals surface area contributed by atoms with Crippen LogP contribution in [0, 0.1) is 22.7 Å². The minimum atomic E-state index is -0.855. The fourth-order valence-corrected chi connectivity index (χ4v) is 4.72. The average molecular weight is 475 g/mol.